The number of nitriles is 1. The number of anilines is 2. The van der Waals surface area contributed by atoms with Crippen molar-refractivity contribution in [2.24, 2.45) is 0 Å². The summed E-state index contributed by atoms with van der Waals surface area (Å²) in [5, 5.41) is 14.9. The first-order valence-corrected chi connectivity index (χ1v) is 14.2. The van der Waals surface area contributed by atoms with E-state index in [1.54, 1.807) is 0 Å². The van der Waals surface area contributed by atoms with Gasteiger partial charge in [0.25, 0.3) is 0 Å². The largest absolute Gasteiger partial charge is 0.398 e. The Labute approximate surface area is 231 Å². The Kier molecular flexibility index (Phi) is 6.33. The lowest BCUT2D eigenvalue weighted by molar-refractivity contribution is 0.311. The van der Waals surface area contributed by atoms with E-state index in [1.807, 2.05) is 25.1 Å². The van der Waals surface area contributed by atoms with Crippen LogP contribution in [0.1, 0.15) is 77.8 Å². The third-order valence-corrected chi connectivity index (χ3v) is 9.01. The predicted octanol–water partition coefficient (Wildman–Crippen LogP) is 4.39. The average Bonchev–Trinajstić information content (AvgIpc) is 3.23. The Bertz CT molecular complexity index is 1490. The van der Waals surface area contributed by atoms with Gasteiger partial charge in [-0.2, -0.15) is 10.4 Å². The third kappa shape index (κ3) is 4.25. The molecule has 8 nitrogen and oxygen atoms in total. The molecular formula is C31H38N8. The number of aryl methyl sites for hydroxylation is 3. The van der Waals surface area contributed by atoms with Gasteiger partial charge in [-0.05, 0) is 68.2 Å². The van der Waals surface area contributed by atoms with Gasteiger partial charge in [-0.15, -0.1) is 0 Å². The van der Waals surface area contributed by atoms with Gasteiger partial charge in [-0.3, -0.25) is 4.68 Å². The van der Waals surface area contributed by atoms with Gasteiger partial charge in [-0.1, -0.05) is 19.6 Å². The molecule has 8 heteroatoms. The second kappa shape index (κ2) is 9.71. The molecule has 0 radical (unpaired) electrons. The number of rotatable bonds is 4. The minimum absolute atomic E-state index is 0.0868. The highest BCUT2D eigenvalue weighted by Crippen LogP contribution is 2.49. The molecule has 1 atom stereocenters. The summed E-state index contributed by atoms with van der Waals surface area (Å²) in [6.07, 6.45) is 7.75. The highest BCUT2D eigenvalue weighted by Gasteiger charge is 2.43. The van der Waals surface area contributed by atoms with Crippen molar-refractivity contribution in [1.82, 2.24) is 24.6 Å². The number of benzene rings is 1. The Morgan fingerprint density at radius 3 is 2.79 bits per heavy atom. The summed E-state index contributed by atoms with van der Waals surface area (Å²) in [4.78, 5) is 14.7. The fourth-order valence-electron chi connectivity index (χ4n) is 6.94. The summed E-state index contributed by atoms with van der Waals surface area (Å²) in [6.45, 7) is 8.93. The van der Waals surface area contributed by atoms with Crippen molar-refractivity contribution in [1.29, 1.82) is 5.26 Å². The summed E-state index contributed by atoms with van der Waals surface area (Å²) >= 11 is 0. The maximum absolute atomic E-state index is 10.1. The molecule has 2 aromatic heterocycles. The highest BCUT2D eigenvalue weighted by atomic mass is 15.3. The molecule has 202 valence electrons. The topological polar surface area (TPSA) is 99.9 Å². The summed E-state index contributed by atoms with van der Waals surface area (Å²) < 4.78 is 2.14. The van der Waals surface area contributed by atoms with Crippen LogP contribution in [0.2, 0.25) is 0 Å². The van der Waals surface area contributed by atoms with Crippen LogP contribution in [-0.4, -0.2) is 45.3 Å². The minimum atomic E-state index is -0.0868. The second-order valence-electron chi connectivity index (χ2n) is 11.6. The molecule has 6 rings (SSSR count). The molecule has 0 fully saturated rings. The number of hydrogen-bond acceptors (Lipinski definition) is 7. The zero-order chi connectivity index (χ0) is 27.3. The summed E-state index contributed by atoms with van der Waals surface area (Å²) in [7, 11) is 4.01. The van der Waals surface area contributed by atoms with Crippen molar-refractivity contribution in [3.8, 4) is 6.07 Å². The van der Waals surface area contributed by atoms with E-state index in [9.17, 15) is 5.26 Å². The monoisotopic (exact) mass is 522 g/mol. The van der Waals surface area contributed by atoms with Crippen LogP contribution in [0.3, 0.4) is 0 Å². The molecule has 2 aliphatic carbocycles. The number of aromatic nitrogens is 4. The summed E-state index contributed by atoms with van der Waals surface area (Å²) in [5.74, 6) is 1.97. The lowest BCUT2D eigenvalue weighted by Gasteiger charge is -2.44. The molecule has 1 spiro atoms. The van der Waals surface area contributed by atoms with E-state index in [2.05, 4.69) is 41.3 Å². The van der Waals surface area contributed by atoms with Crippen LogP contribution in [0.4, 0.5) is 11.5 Å². The van der Waals surface area contributed by atoms with E-state index in [0.717, 1.165) is 99.7 Å². The van der Waals surface area contributed by atoms with E-state index in [0.29, 0.717) is 11.3 Å². The van der Waals surface area contributed by atoms with Crippen molar-refractivity contribution in [3.63, 3.8) is 0 Å². The first-order valence-electron chi connectivity index (χ1n) is 14.2. The fourth-order valence-corrected chi connectivity index (χ4v) is 6.94. The smallest absolute Gasteiger partial charge is 0.136 e. The molecule has 0 bridgehead atoms. The molecular weight excluding hydrogens is 484 g/mol. The predicted molar refractivity (Wildman–Crippen MR) is 154 cm³/mol. The number of nitrogens with zero attached hydrogens (tertiary/aromatic N) is 7. The Morgan fingerprint density at radius 1 is 1.18 bits per heavy atom. The fraction of sp³-hybridized carbons (Fsp3) is 0.484. The minimum Gasteiger partial charge on any atom is -0.398 e. The molecule has 1 aromatic carbocycles. The van der Waals surface area contributed by atoms with E-state index in [-0.39, 0.29) is 5.41 Å². The zero-order valence-corrected chi connectivity index (χ0v) is 23.4. The zero-order valence-electron chi connectivity index (χ0n) is 23.4. The Hall–Kier alpha value is -3.86. The molecule has 3 aliphatic rings. The van der Waals surface area contributed by atoms with Gasteiger partial charge >= 0.3 is 0 Å². The van der Waals surface area contributed by atoms with E-state index in [4.69, 9.17) is 20.8 Å². The number of hydrogen-bond donors (Lipinski definition) is 1. The maximum atomic E-state index is 10.1. The van der Waals surface area contributed by atoms with Crippen LogP contribution in [0.15, 0.2) is 24.8 Å². The van der Waals surface area contributed by atoms with Crippen LogP contribution in [0.5, 0.6) is 0 Å². The Morgan fingerprint density at radius 2 is 2.03 bits per heavy atom. The van der Waals surface area contributed by atoms with Crippen LogP contribution < -0.4 is 10.6 Å². The van der Waals surface area contributed by atoms with E-state index < -0.39 is 0 Å². The highest BCUT2D eigenvalue weighted by molar-refractivity contribution is 5.64. The average molecular weight is 523 g/mol. The van der Waals surface area contributed by atoms with Gasteiger partial charge in [0.05, 0.1) is 29.2 Å². The van der Waals surface area contributed by atoms with Gasteiger partial charge in [-0.25, -0.2) is 9.97 Å². The van der Waals surface area contributed by atoms with Crippen molar-refractivity contribution in [2.75, 3.05) is 31.3 Å². The molecule has 1 unspecified atom stereocenters. The first-order chi connectivity index (χ1) is 18.8. The van der Waals surface area contributed by atoms with Gasteiger partial charge < -0.3 is 15.5 Å². The van der Waals surface area contributed by atoms with Gasteiger partial charge in [0.15, 0.2) is 0 Å². The van der Waals surface area contributed by atoms with Gasteiger partial charge in [0, 0.05) is 50.3 Å². The normalized spacial score (nSPS) is 20.0. The molecule has 0 saturated carbocycles. The van der Waals surface area contributed by atoms with Crippen molar-refractivity contribution in [2.45, 2.75) is 76.8 Å². The van der Waals surface area contributed by atoms with Crippen LogP contribution >= 0.6 is 0 Å². The molecule has 1 aliphatic heterocycles. The van der Waals surface area contributed by atoms with E-state index in [1.165, 1.54) is 22.4 Å². The van der Waals surface area contributed by atoms with Crippen molar-refractivity contribution >= 4 is 17.2 Å². The Balaban J connectivity index is 1.39. The lowest BCUT2D eigenvalue weighted by Crippen LogP contribution is -2.39. The number of fused-ring (bicyclic) bond motifs is 4. The summed E-state index contributed by atoms with van der Waals surface area (Å²) in [6, 6.07) is 8.68. The molecule has 39 heavy (non-hydrogen) atoms. The molecule has 0 saturated heterocycles. The van der Waals surface area contributed by atoms with Crippen LogP contribution in [0, 0.1) is 11.3 Å². The second-order valence-corrected chi connectivity index (χ2v) is 11.6. The maximum Gasteiger partial charge on any atom is 0.136 e. The molecule has 3 aromatic rings. The SMILES string of the molecule is C=C(c1cc2n(n1)CCCN(c1nc(CC)nc3c1CCC1(CCCc4ccc(N)c(C#N)c41)C3)C2)N(C)C. The van der Waals surface area contributed by atoms with Crippen LogP contribution in [-0.2, 0) is 44.2 Å². The van der Waals surface area contributed by atoms with E-state index >= 15 is 0 Å². The standard InChI is InChI=1S/C31H38N8/c1-5-28-34-27-17-31(12-6-8-21-9-10-25(33)24(18-32)29(21)31)13-11-23(27)30(35-28)38-14-7-15-39-22(19-38)16-26(36-39)20(2)37(3)4/h9-10,16H,2,5-8,11-15,17,19,33H2,1,3-4H3. The number of nitrogen functional groups attached to an aromatic ring is 1. The summed E-state index contributed by atoms with van der Waals surface area (Å²) in [5.41, 5.74) is 15.5. The van der Waals surface area contributed by atoms with Gasteiger partial charge in [0.2, 0.25) is 0 Å². The first kappa shape index (κ1) is 25.4. The molecule has 3 heterocycles. The third-order valence-electron chi connectivity index (χ3n) is 9.01. The van der Waals surface area contributed by atoms with Gasteiger partial charge in [0.1, 0.15) is 23.4 Å². The quantitative estimate of drug-likeness (QED) is 0.507. The molecule has 2 N–H and O–H groups in total. The molecule has 0 amide bonds. The van der Waals surface area contributed by atoms with Crippen molar-refractivity contribution < 1.29 is 0 Å². The van der Waals surface area contributed by atoms with Crippen LogP contribution in [0.25, 0.3) is 5.70 Å². The number of nitrogens with two attached hydrogens (primary N) is 1. The lowest BCUT2D eigenvalue weighted by atomic mass is 9.61. The van der Waals surface area contributed by atoms with Crippen molar-refractivity contribution in [3.05, 3.63) is 69.9 Å².